The smallest absolute Gasteiger partial charge is 0.251 e. The normalized spacial score (nSPS) is 23.8. The van der Waals surface area contributed by atoms with Gasteiger partial charge in [0.25, 0.3) is 11.8 Å². The van der Waals surface area contributed by atoms with E-state index in [0.29, 0.717) is 34.3 Å². The van der Waals surface area contributed by atoms with E-state index in [2.05, 4.69) is 25.6 Å². The van der Waals surface area contributed by atoms with Gasteiger partial charge in [-0.1, -0.05) is 6.42 Å². The van der Waals surface area contributed by atoms with Gasteiger partial charge in [-0.05, 0) is 81.7 Å². The molecule has 3 atom stereocenters. The molecule has 2 saturated heterocycles. The number of pyridine rings is 1. The quantitative estimate of drug-likeness (QED) is 0.495. The second-order valence-electron chi connectivity index (χ2n) is 10.6. The number of anilines is 2. The molecule has 0 radical (unpaired) electrons. The summed E-state index contributed by atoms with van der Waals surface area (Å²) in [5.74, 6) is 0.731. The third-order valence-electron chi connectivity index (χ3n) is 8.00. The highest BCUT2D eigenvalue weighted by Crippen LogP contribution is 2.39. The third-order valence-corrected chi connectivity index (χ3v) is 8.00. The number of carbonyl (C=O) groups is 3. The standard InChI is InChI=1S/C28H36N6O3/c1-18(35)21-8-10-26(30-17-21)34-13-5-6-19-14-22(16-25(19)34)31-28(37)20-7-9-23(27(29)36)24(15-20)32-33-11-3-2-4-12-33/h7-10,15,17,19,22,25,32H,2-6,11-14,16H2,1H3,(H2,29,36)(H,31,37). The lowest BCUT2D eigenvalue weighted by atomic mass is 9.92. The van der Waals surface area contributed by atoms with Crippen molar-refractivity contribution in [3.63, 3.8) is 0 Å². The minimum absolute atomic E-state index is 0.0114. The molecule has 4 N–H and O–H groups in total. The van der Waals surface area contributed by atoms with Crippen molar-refractivity contribution in [2.45, 2.75) is 64.0 Å². The molecule has 3 heterocycles. The van der Waals surface area contributed by atoms with Crippen LogP contribution in [0, 0.1) is 5.92 Å². The Bertz CT molecular complexity index is 1160. The van der Waals surface area contributed by atoms with Crippen molar-refractivity contribution in [1.29, 1.82) is 0 Å². The third kappa shape index (κ3) is 5.61. The highest BCUT2D eigenvalue weighted by Gasteiger charge is 2.41. The average molecular weight is 505 g/mol. The van der Waals surface area contributed by atoms with Crippen LogP contribution in [0.25, 0.3) is 0 Å². The molecule has 2 aliphatic heterocycles. The van der Waals surface area contributed by atoms with E-state index in [4.69, 9.17) is 5.73 Å². The molecule has 196 valence electrons. The molecule has 2 amide bonds. The van der Waals surface area contributed by atoms with Gasteiger partial charge in [0.15, 0.2) is 5.78 Å². The van der Waals surface area contributed by atoms with Gasteiger partial charge in [0.2, 0.25) is 0 Å². The zero-order valence-corrected chi connectivity index (χ0v) is 21.4. The predicted octanol–water partition coefficient (Wildman–Crippen LogP) is 3.37. The minimum Gasteiger partial charge on any atom is -0.366 e. The molecule has 0 spiro atoms. The summed E-state index contributed by atoms with van der Waals surface area (Å²) in [4.78, 5) is 43.8. The Labute approximate surface area is 217 Å². The lowest BCUT2D eigenvalue weighted by molar-refractivity contribution is 0.0934. The number of nitrogens with one attached hydrogen (secondary N) is 2. The van der Waals surface area contributed by atoms with Crippen molar-refractivity contribution in [3.05, 3.63) is 53.2 Å². The van der Waals surface area contributed by atoms with Crippen molar-refractivity contribution in [1.82, 2.24) is 15.3 Å². The van der Waals surface area contributed by atoms with Gasteiger partial charge in [0, 0.05) is 49.0 Å². The van der Waals surface area contributed by atoms with Gasteiger partial charge in [-0.15, -0.1) is 0 Å². The van der Waals surface area contributed by atoms with Crippen molar-refractivity contribution in [2.75, 3.05) is 30.0 Å². The number of hydrogen-bond acceptors (Lipinski definition) is 7. The van der Waals surface area contributed by atoms with Crippen LogP contribution in [-0.2, 0) is 0 Å². The van der Waals surface area contributed by atoms with E-state index >= 15 is 0 Å². The Kier molecular flexibility index (Phi) is 7.41. The fourth-order valence-electron chi connectivity index (χ4n) is 6.09. The van der Waals surface area contributed by atoms with Crippen LogP contribution in [0.4, 0.5) is 11.5 Å². The summed E-state index contributed by atoms with van der Waals surface area (Å²) in [7, 11) is 0. The van der Waals surface area contributed by atoms with Crippen LogP contribution < -0.4 is 21.4 Å². The molecule has 9 heteroatoms. The van der Waals surface area contributed by atoms with Crippen molar-refractivity contribution in [2.24, 2.45) is 11.7 Å². The largest absolute Gasteiger partial charge is 0.366 e. The molecule has 1 saturated carbocycles. The summed E-state index contributed by atoms with van der Waals surface area (Å²) >= 11 is 0. The first-order valence-electron chi connectivity index (χ1n) is 13.4. The molecule has 3 unspecified atom stereocenters. The van der Waals surface area contributed by atoms with E-state index in [9.17, 15) is 14.4 Å². The van der Waals surface area contributed by atoms with Crippen LogP contribution in [0.3, 0.4) is 0 Å². The van der Waals surface area contributed by atoms with Gasteiger partial charge in [-0.3, -0.25) is 14.4 Å². The Morgan fingerprint density at radius 2 is 1.76 bits per heavy atom. The highest BCUT2D eigenvalue weighted by atomic mass is 16.2. The van der Waals surface area contributed by atoms with Crippen LogP contribution in [0.1, 0.15) is 82.9 Å². The van der Waals surface area contributed by atoms with E-state index in [1.807, 2.05) is 12.1 Å². The van der Waals surface area contributed by atoms with Crippen molar-refractivity contribution in [3.8, 4) is 0 Å². The number of hydrogen-bond donors (Lipinski definition) is 3. The number of aromatic nitrogens is 1. The molecular weight excluding hydrogens is 468 g/mol. The lowest BCUT2D eigenvalue weighted by Gasteiger charge is -2.38. The van der Waals surface area contributed by atoms with E-state index < -0.39 is 5.91 Å². The Morgan fingerprint density at radius 1 is 0.973 bits per heavy atom. The van der Waals surface area contributed by atoms with Crippen LogP contribution in [0.5, 0.6) is 0 Å². The molecule has 1 aromatic heterocycles. The van der Waals surface area contributed by atoms with Gasteiger partial charge in [0.1, 0.15) is 5.82 Å². The number of rotatable bonds is 7. The van der Waals surface area contributed by atoms with Gasteiger partial charge in [-0.2, -0.15) is 0 Å². The number of ketones is 1. The highest BCUT2D eigenvalue weighted by molar-refractivity contribution is 6.02. The molecule has 5 rings (SSSR count). The first kappa shape index (κ1) is 25.2. The SMILES string of the molecule is CC(=O)c1ccc(N2CCCC3CC(NC(=O)c4ccc(C(N)=O)c(NN5CCCCC5)c4)CC32)nc1. The number of primary amides is 1. The van der Waals surface area contributed by atoms with Gasteiger partial charge in [0.05, 0.1) is 11.3 Å². The number of amides is 2. The monoisotopic (exact) mass is 504 g/mol. The maximum atomic E-state index is 13.3. The van der Waals surface area contributed by atoms with Gasteiger partial charge < -0.3 is 21.4 Å². The van der Waals surface area contributed by atoms with Crippen LogP contribution in [0.15, 0.2) is 36.5 Å². The summed E-state index contributed by atoms with van der Waals surface area (Å²) in [6.07, 6.45) is 9.04. The van der Waals surface area contributed by atoms with Crippen molar-refractivity contribution >= 4 is 29.1 Å². The zero-order chi connectivity index (χ0) is 25.9. The second kappa shape index (κ2) is 10.9. The van der Waals surface area contributed by atoms with E-state index in [1.165, 1.54) is 6.42 Å². The predicted molar refractivity (Wildman–Crippen MR) is 143 cm³/mol. The Balaban J connectivity index is 1.27. The maximum absolute atomic E-state index is 13.3. The number of carbonyl (C=O) groups excluding carboxylic acids is 3. The number of piperidine rings is 2. The summed E-state index contributed by atoms with van der Waals surface area (Å²) in [6.45, 7) is 4.25. The Hall–Kier alpha value is -3.46. The fourth-order valence-corrected chi connectivity index (χ4v) is 6.09. The number of fused-ring (bicyclic) bond motifs is 1. The molecule has 1 aromatic carbocycles. The molecule has 1 aliphatic carbocycles. The van der Waals surface area contributed by atoms with E-state index in [1.54, 1.807) is 31.3 Å². The number of nitrogens with zero attached hydrogens (tertiary/aromatic N) is 3. The van der Waals surface area contributed by atoms with Gasteiger partial charge >= 0.3 is 0 Å². The Morgan fingerprint density at radius 3 is 2.46 bits per heavy atom. The minimum atomic E-state index is -0.517. The molecular formula is C28H36N6O3. The zero-order valence-electron chi connectivity index (χ0n) is 21.4. The first-order valence-corrected chi connectivity index (χ1v) is 13.4. The average Bonchev–Trinajstić information content (AvgIpc) is 3.31. The van der Waals surface area contributed by atoms with Crippen LogP contribution >= 0.6 is 0 Å². The molecule has 2 aromatic rings. The lowest BCUT2D eigenvalue weighted by Crippen LogP contribution is -2.43. The summed E-state index contributed by atoms with van der Waals surface area (Å²) in [5, 5.41) is 5.32. The molecule has 0 bridgehead atoms. The summed E-state index contributed by atoms with van der Waals surface area (Å²) in [6, 6.07) is 9.19. The topological polar surface area (TPSA) is 121 Å². The van der Waals surface area contributed by atoms with E-state index in [-0.39, 0.29) is 17.7 Å². The van der Waals surface area contributed by atoms with E-state index in [0.717, 1.165) is 64.0 Å². The first-order chi connectivity index (χ1) is 17.9. The molecule has 9 nitrogen and oxygen atoms in total. The van der Waals surface area contributed by atoms with Crippen LogP contribution in [0.2, 0.25) is 0 Å². The molecule has 37 heavy (non-hydrogen) atoms. The maximum Gasteiger partial charge on any atom is 0.251 e. The number of Topliss-reactive ketones (excluding diaryl/α,β-unsaturated/α-hetero) is 1. The summed E-state index contributed by atoms with van der Waals surface area (Å²) < 4.78 is 0. The van der Waals surface area contributed by atoms with Crippen LogP contribution in [-0.4, -0.2) is 59.3 Å². The number of hydrazine groups is 1. The second-order valence-corrected chi connectivity index (χ2v) is 10.6. The number of nitrogens with two attached hydrogens (primary N) is 1. The van der Waals surface area contributed by atoms with Crippen molar-refractivity contribution < 1.29 is 14.4 Å². The fraction of sp³-hybridized carbons (Fsp3) is 0.500. The molecule has 3 fully saturated rings. The summed E-state index contributed by atoms with van der Waals surface area (Å²) in [5.41, 5.74) is 11.0. The number of benzene rings is 1. The molecule has 3 aliphatic rings. The van der Waals surface area contributed by atoms with Gasteiger partial charge in [-0.25, -0.2) is 9.99 Å².